The summed E-state index contributed by atoms with van der Waals surface area (Å²) in [7, 11) is 0. The number of thiol groups is 1. The van der Waals surface area contributed by atoms with Crippen molar-refractivity contribution in [2.45, 2.75) is 79.1 Å². The maximum atomic E-state index is 5.36. The molecule has 4 heteroatoms. The van der Waals surface area contributed by atoms with E-state index in [1.807, 2.05) is 0 Å². The molecule has 0 saturated carbocycles. The fourth-order valence-electron chi connectivity index (χ4n) is 2.69. The Labute approximate surface area is 158 Å². The van der Waals surface area contributed by atoms with E-state index in [-0.39, 0.29) is 21.1 Å². The van der Waals surface area contributed by atoms with Crippen LogP contribution in [0.15, 0.2) is 0 Å². The van der Waals surface area contributed by atoms with Gasteiger partial charge in [-0.05, 0) is 24.7 Å². The Morgan fingerprint density at radius 1 is 0.905 bits per heavy atom. The number of unbranched alkanes of at least 4 members (excludes halogenated alkanes) is 2. The minimum Gasteiger partial charge on any atom is -0.357 e. The first-order chi connectivity index (χ1) is 9.58. The van der Waals surface area contributed by atoms with E-state index < -0.39 is 0 Å². The van der Waals surface area contributed by atoms with E-state index in [0.29, 0.717) is 0 Å². The summed E-state index contributed by atoms with van der Waals surface area (Å²) in [4.78, 5) is 2.35. The summed E-state index contributed by atoms with van der Waals surface area (Å²) in [5.74, 6) is 1.53. The molecule has 0 aromatic rings. The van der Waals surface area contributed by atoms with Crippen LogP contribution in [-0.4, -0.2) is 22.3 Å². The van der Waals surface area contributed by atoms with Gasteiger partial charge in [0.05, 0.1) is 0 Å². The third-order valence-electron chi connectivity index (χ3n) is 4.31. The average molecular weight is 414 g/mol. The molecule has 126 valence electrons. The van der Waals surface area contributed by atoms with Crippen LogP contribution in [0, 0.1) is 11.8 Å². The molecule has 1 nitrogen and oxygen atoms in total. The molecule has 0 aliphatic carbocycles. The van der Waals surface area contributed by atoms with Gasteiger partial charge in [0.2, 0.25) is 0 Å². The molecule has 0 aliphatic heterocycles. The van der Waals surface area contributed by atoms with Crippen LogP contribution in [0.25, 0.3) is 0 Å². The molecule has 0 aromatic heterocycles. The summed E-state index contributed by atoms with van der Waals surface area (Å²) >= 11 is 9.82. The van der Waals surface area contributed by atoms with Crippen LogP contribution >= 0.6 is 24.8 Å². The number of hydrogen-bond donors (Lipinski definition) is 1. The Bertz CT molecular complexity index is 231. The summed E-state index contributed by atoms with van der Waals surface area (Å²) < 4.78 is 0.787. The molecule has 0 aromatic carbocycles. The Hall–Kier alpha value is 0.928. The largest absolute Gasteiger partial charge is 0.357 e. The van der Waals surface area contributed by atoms with Gasteiger partial charge >= 0.3 is 0 Å². The van der Waals surface area contributed by atoms with Gasteiger partial charge in [-0.25, -0.2) is 0 Å². The molecule has 0 rings (SSSR count). The molecule has 0 fully saturated rings. The van der Waals surface area contributed by atoms with E-state index in [0.717, 1.165) is 29.2 Å². The molecule has 0 saturated heterocycles. The van der Waals surface area contributed by atoms with Crippen molar-refractivity contribution in [1.29, 1.82) is 0 Å². The topological polar surface area (TPSA) is 3.24 Å². The Balaban J connectivity index is 0. The summed E-state index contributed by atoms with van der Waals surface area (Å²) in [5.41, 5.74) is 0. The SMILES string of the molecule is CCCCC(CC)CN(CC(CC)CCCC)C(=S)S.[Mo]. The van der Waals surface area contributed by atoms with Gasteiger partial charge in [0.25, 0.3) is 0 Å². The molecule has 0 spiro atoms. The number of thiocarbonyl (C=S) groups is 1. The number of hydrogen-bond acceptors (Lipinski definition) is 1. The van der Waals surface area contributed by atoms with Gasteiger partial charge in [0.1, 0.15) is 4.32 Å². The van der Waals surface area contributed by atoms with E-state index in [9.17, 15) is 0 Å². The van der Waals surface area contributed by atoms with E-state index in [4.69, 9.17) is 12.2 Å². The molecule has 0 N–H and O–H groups in total. The molecule has 2 atom stereocenters. The fraction of sp³-hybridized carbons (Fsp3) is 0.941. The summed E-state index contributed by atoms with van der Waals surface area (Å²) in [5, 5.41) is 0. The van der Waals surface area contributed by atoms with Crippen molar-refractivity contribution < 1.29 is 21.1 Å². The molecule has 0 aliphatic rings. The first kappa shape index (κ1) is 24.2. The second-order valence-electron chi connectivity index (χ2n) is 6.02. The predicted molar refractivity (Wildman–Crippen MR) is 99.8 cm³/mol. The minimum atomic E-state index is 0. The molecule has 0 heterocycles. The van der Waals surface area contributed by atoms with Gasteiger partial charge in [-0.2, -0.15) is 0 Å². The second kappa shape index (κ2) is 15.8. The van der Waals surface area contributed by atoms with Gasteiger partial charge < -0.3 is 4.90 Å². The van der Waals surface area contributed by atoms with Crippen molar-refractivity contribution in [1.82, 2.24) is 4.90 Å². The smallest absolute Gasteiger partial charge is 0.133 e. The maximum Gasteiger partial charge on any atom is 0.133 e. The summed E-state index contributed by atoms with van der Waals surface area (Å²) in [6.07, 6.45) is 10.4. The summed E-state index contributed by atoms with van der Waals surface area (Å²) in [6.45, 7) is 11.3. The van der Waals surface area contributed by atoms with Crippen LogP contribution in [0.5, 0.6) is 0 Å². The number of nitrogens with zero attached hydrogens (tertiary/aromatic N) is 1. The standard InChI is InChI=1S/C17H35NS2.Mo/c1-5-9-11-15(7-3)13-18(17(19)20)14-16(8-4)12-10-6-2;/h15-16H,5-14H2,1-4H3,(H,19,20);. The van der Waals surface area contributed by atoms with Crippen LogP contribution in [-0.2, 0) is 21.1 Å². The van der Waals surface area contributed by atoms with Crippen molar-refractivity contribution in [2.75, 3.05) is 13.1 Å². The van der Waals surface area contributed by atoms with Crippen molar-refractivity contribution >= 4 is 29.2 Å². The van der Waals surface area contributed by atoms with Gasteiger partial charge in [-0.3, -0.25) is 0 Å². The second-order valence-corrected chi connectivity index (χ2v) is 7.13. The summed E-state index contributed by atoms with van der Waals surface area (Å²) in [6, 6.07) is 0. The zero-order valence-electron chi connectivity index (χ0n) is 14.4. The van der Waals surface area contributed by atoms with Crippen LogP contribution in [0.1, 0.15) is 79.1 Å². The van der Waals surface area contributed by atoms with E-state index in [1.165, 1.54) is 51.4 Å². The quantitative estimate of drug-likeness (QED) is 0.240. The molecular weight excluding hydrogens is 378 g/mol. The number of rotatable bonds is 12. The van der Waals surface area contributed by atoms with Crippen LogP contribution < -0.4 is 0 Å². The monoisotopic (exact) mass is 415 g/mol. The van der Waals surface area contributed by atoms with Crippen LogP contribution in [0.3, 0.4) is 0 Å². The van der Waals surface area contributed by atoms with E-state index in [1.54, 1.807) is 0 Å². The molecule has 21 heavy (non-hydrogen) atoms. The minimum absolute atomic E-state index is 0. The van der Waals surface area contributed by atoms with Crippen molar-refractivity contribution in [2.24, 2.45) is 11.8 Å². The van der Waals surface area contributed by atoms with Gasteiger partial charge in [-0.1, -0.05) is 78.4 Å². The maximum absolute atomic E-state index is 5.36. The molecule has 0 bridgehead atoms. The fourth-order valence-corrected chi connectivity index (χ4v) is 3.00. The predicted octanol–water partition coefficient (Wildman–Crippen LogP) is 5.93. The van der Waals surface area contributed by atoms with Crippen LogP contribution in [0.4, 0.5) is 0 Å². The Kier molecular flexibility index (Phi) is 18.2. The first-order valence-corrected chi connectivity index (χ1v) is 9.42. The molecular formula is C17H35MoNS2. The molecule has 0 amide bonds. The third kappa shape index (κ3) is 12.1. The zero-order valence-corrected chi connectivity index (χ0v) is 18.2. The zero-order chi connectivity index (χ0) is 15.4. The van der Waals surface area contributed by atoms with Gasteiger partial charge in [0, 0.05) is 34.2 Å². The van der Waals surface area contributed by atoms with Crippen LogP contribution in [0.2, 0.25) is 0 Å². The van der Waals surface area contributed by atoms with Crippen molar-refractivity contribution in [3.63, 3.8) is 0 Å². The third-order valence-corrected chi connectivity index (χ3v) is 4.86. The van der Waals surface area contributed by atoms with Gasteiger partial charge in [0.15, 0.2) is 0 Å². The van der Waals surface area contributed by atoms with E-state index >= 15 is 0 Å². The Morgan fingerprint density at radius 2 is 1.29 bits per heavy atom. The molecule has 2 unspecified atom stereocenters. The first-order valence-electron chi connectivity index (χ1n) is 8.56. The average Bonchev–Trinajstić information content (AvgIpc) is 2.45. The van der Waals surface area contributed by atoms with Crippen molar-refractivity contribution in [3.8, 4) is 0 Å². The van der Waals surface area contributed by atoms with Crippen molar-refractivity contribution in [3.05, 3.63) is 0 Å². The van der Waals surface area contributed by atoms with Gasteiger partial charge in [-0.15, -0.1) is 12.6 Å². The molecule has 0 radical (unpaired) electrons. The Morgan fingerprint density at radius 3 is 1.52 bits per heavy atom. The van der Waals surface area contributed by atoms with E-state index in [2.05, 4.69) is 45.2 Å². The normalized spacial score (nSPS) is 13.4.